The maximum Gasteiger partial charge on any atom is 0.0434 e. The van der Waals surface area contributed by atoms with Crippen molar-refractivity contribution in [3.63, 3.8) is 0 Å². The number of likely N-dealkylation sites (N-methyl/N-ethyl adjacent to an activating group) is 1. The number of hydrogen-bond acceptors (Lipinski definition) is 3. The molecule has 0 bridgehead atoms. The Morgan fingerprint density at radius 2 is 2.06 bits per heavy atom. The summed E-state index contributed by atoms with van der Waals surface area (Å²) in [6.07, 6.45) is 6.52. The van der Waals surface area contributed by atoms with Crippen molar-refractivity contribution in [2.75, 3.05) is 33.3 Å². The summed E-state index contributed by atoms with van der Waals surface area (Å²) in [6.45, 7) is 4.04. The highest BCUT2D eigenvalue weighted by molar-refractivity contribution is 4.85. The number of piperidine rings is 1. The van der Waals surface area contributed by atoms with Crippen LogP contribution < -0.4 is 5.32 Å². The van der Waals surface area contributed by atoms with E-state index in [9.17, 15) is 0 Å². The summed E-state index contributed by atoms with van der Waals surface area (Å²) in [4.78, 5) is 2.62. The van der Waals surface area contributed by atoms with Crippen molar-refractivity contribution < 1.29 is 5.11 Å². The van der Waals surface area contributed by atoms with E-state index in [2.05, 4.69) is 17.3 Å². The normalized spacial score (nSPS) is 32.6. The molecule has 1 saturated carbocycles. The standard InChI is InChI=1S/C13H26N2O/c1-14-13-7-12(5-6-16)9-15(10-13)8-11-3-2-4-11/h11-14,16H,2-10H2,1H3. The zero-order chi connectivity index (χ0) is 11.4. The fraction of sp³-hybridized carbons (Fsp3) is 1.00. The van der Waals surface area contributed by atoms with Crippen LogP contribution in [-0.4, -0.2) is 49.3 Å². The van der Waals surface area contributed by atoms with Gasteiger partial charge in [-0.1, -0.05) is 6.42 Å². The Kier molecular flexibility index (Phi) is 4.62. The fourth-order valence-corrected chi connectivity index (χ4v) is 3.09. The molecule has 0 spiro atoms. The predicted molar refractivity (Wildman–Crippen MR) is 66.4 cm³/mol. The molecule has 1 aliphatic heterocycles. The number of hydrogen-bond donors (Lipinski definition) is 2. The topological polar surface area (TPSA) is 35.5 Å². The molecule has 3 nitrogen and oxygen atoms in total. The summed E-state index contributed by atoms with van der Waals surface area (Å²) >= 11 is 0. The lowest BCUT2D eigenvalue weighted by atomic mass is 9.83. The largest absolute Gasteiger partial charge is 0.396 e. The van der Waals surface area contributed by atoms with E-state index in [1.165, 1.54) is 45.3 Å². The molecule has 1 aliphatic carbocycles. The van der Waals surface area contributed by atoms with Gasteiger partial charge in [-0.15, -0.1) is 0 Å². The molecule has 1 saturated heterocycles. The van der Waals surface area contributed by atoms with Crippen LogP contribution in [0.2, 0.25) is 0 Å². The van der Waals surface area contributed by atoms with Crippen molar-refractivity contribution in [3.8, 4) is 0 Å². The molecule has 3 heteroatoms. The number of likely N-dealkylation sites (tertiary alicyclic amines) is 1. The van der Waals surface area contributed by atoms with Gasteiger partial charge in [0.25, 0.3) is 0 Å². The Morgan fingerprint density at radius 1 is 1.25 bits per heavy atom. The molecule has 2 rings (SSSR count). The number of aliphatic hydroxyl groups is 1. The van der Waals surface area contributed by atoms with E-state index in [0.29, 0.717) is 18.6 Å². The molecule has 1 heterocycles. The van der Waals surface area contributed by atoms with Gasteiger partial charge in [-0.05, 0) is 44.6 Å². The Bertz CT molecular complexity index is 204. The van der Waals surface area contributed by atoms with Crippen LogP contribution in [0.3, 0.4) is 0 Å². The first-order valence-corrected chi connectivity index (χ1v) is 6.82. The second-order valence-electron chi connectivity index (χ2n) is 5.62. The first-order valence-electron chi connectivity index (χ1n) is 6.82. The number of rotatable bonds is 5. The van der Waals surface area contributed by atoms with Crippen molar-refractivity contribution in [2.24, 2.45) is 11.8 Å². The number of nitrogens with one attached hydrogen (secondary N) is 1. The monoisotopic (exact) mass is 226 g/mol. The van der Waals surface area contributed by atoms with Gasteiger partial charge >= 0.3 is 0 Å². The van der Waals surface area contributed by atoms with E-state index >= 15 is 0 Å². The van der Waals surface area contributed by atoms with Gasteiger partial charge in [-0.25, -0.2) is 0 Å². The summed E-state index contributed by atoms with van der Waals surface area (Å²) in [7, 11) is 2.06. The Hall–Kier alpha value is -0.120. The first-order chi connectivity index (χ1) is 7.81. The fourth-order valence-electron chi connectivity index (χ4n) is 3.09. The second-order valence-corrected chi connectivity index (χ2v) is 5.62. The van der Waals surface area contributed by atoms with Crippen molar-refractivity contribution in [1.82, 2.24) is 10.2 Å². The van der Waals surface area contributed by atoms with Crippen LogP contribution in [0.5, 0.6) is 0 Å². The minimum absolute atomic E-state index is 0.346. The number of aliphatic hydroxyl groups excluding tert-OH is 1. The van der Waals surface area contributed by atoms with Crippen LogP contribution >= 0.6 is 0 Å². The van der Waals surface area contributed by atoms with Crippen LogP contribution in [0.4, 0.5) is 0 Å². The van der Waals surface area contributed by atoms with Crippen LogP contribution in [-0.2, 0) is 0 Å². The van der Waals surface area contributed by atoms with Crippen LogP contribution in [0.25, 0.3) is 0 Å². The second kappa shape index (κ2) is 5.99. The van der Waals surface area contributed by atoms with E-state index in [1.54, 1.807) is 0 Å². The zero-order valence-corrected chi connectivity index (χ0v) is 10.5. The third kappa shape index (κ3) is 3.19. The molecule has 16 heavy (non-hydrogen) atoms. The lowest BCUT2D eigenvalue weighted by Gasteiger charge is -2.41. The minimum atomic E-state index is 0.346. The van der Waals surface area contributed by atoms with E-state index < -0.39 is 0 Å². The molecular weight excluding hydrogens is 200 g/mol. The van der Waals surface area contributed by atoms with E-state index in [4.69, 9.17) is 5.11 Å². The van der Waals surface area contributed by atoms with E-state index in [-0.39, 0.29) is 0 Å². The van der Waals surface area contributed by atoms with Crippen molar-refractivity contribution in [1.29, 1.82) is 0 Å². The third-order valence-corrected chi connectivity index (χ3v) is 4.30. The molecular formula is C13H26N2O. The molecule has 0 aromatic heterocycles. The average Bonchev–Trinajstić information content (AvgIpc) is 2.24. The lowest BCUT2D eigenvalue weighted by Crippen LogP contribution is -2.50. The minimum Gasteiger partial charge on any atom is -0.396 e. The summed E-state index contributed by atoms with van der Waals surface area (Å²) in [5.41, 5.74) is 0. The highest BCUT2D eigenvalue weighted by atomic mass is 16.3. The third-order valence-electron chi connectivity index (χ3n) is 4.30. The van der Waals surface area contributed by atoms with Gasteiger partial charge in [-0.2, -0.15) is 0 Å². The van der Waals surface area contributed by atoms with Crippen molar-refractivity contribution in [2.45, 2.75) is 38.1 Å². The molecule has 0 radical (unpaired) electrons. The average molecular weight is 226 g/mol. The summed E-state index contributed by atoms with van der Waals surface area (Å²) in [5.74, 6) is 1.65. The van der Waals surface area contributed by atoms with Gasteiger partial charge in [0.1, 0.15) is 0 Å². The first kappa shape index (κ1) is 12.3. The highest BCUT2D eigenvalue weighted by Gasteiger charge is 2.28. The zero-order valence-electron chi connectivity index (χ0n) is 10.5. The Labute approximate surface area is 99.2 Å². The number of nitrogens with zero attached hydrogens (tertiary/aromatic N) is 1. The maximum atomic E-state index is 9.06. The van der Waals surface area contributed by atoms with E-state index in [0.717, 1.165) is 12.3 Å². The van der Waals surface area contributed by atoms with Gasteiger partial charge in [0.05, 0.1) is 0 Å². The summed E-state index contributed by atoms with van der Waals surface area (Å²) in [6, 6.07) is 0.630. The van der Waals surface area contributed by atoms with Gasteiger partial charge in [0, 0.05) is 32.3 Å². The van der Waals surface area contributed by atoms with Gasteiger partial charge < -0.3 is 15.3 Å². The summed E-state index contributed by atoms with van der Waals surface area (Å²) in [5, 5.41) is 12.5. The van der Waals surface area contributed by atoms with Gasteiger partial charge in [0.15, 0.2) is 0 Å². The van der Waals surface area contributed by atoms with Gasteiger partial charge in [-0.3, -0.25) is 0 Å². The molecule has 94 valence electrons. The molecule has 2 N–H and O–H groups in total. The smallest absolute Gasteiger partial charge is 0.0434 e. The Balaban J connectivity index is 1.80. The lowest BCUT2D eigenvalue weighted by molar-refractivity contribution is 0.0923. The molecule has 2 unspecified atom stereocenters. The van der Waals surface area contributed by atoms with Crippen LogP contribution in [0.1, 0.15) is 32.1 Å². The quantitative estimate of drug-likeness (QED) is 0.736. The van der Waals surface area contributed by atoms with Crippen molar-refractivity contribution >= 4 is 0 Å². The predicted octanol–water partition coefficient (Wildman–Crippen LogP) is 1.08. The van der Waals surface area contributed by atoms with Crippen molar-refractivity contribution in [3.05, 3.63) is 0 Å². The highest BCUT2D eigenvalue weighted by Crippen LogP contribution is 2.29. The molecule has 2 aliphatic rings. The Morgan fingerprint density at radius 3 is 2.62 bits per heavy atom. The van der Waals surface area contributed by atoms with Crippen LogP contribution in [0.15, 0.2) is 0 Å². The maximum absolute atomic E-state index is 9.06. The molecule has 2 atom stereocenters. The van der Waals surface area contributed by atoms with Crippen LogP contribution in [0, 0.1) is 11.8 Å². The molecule has 2 fully saturated rings. The summed E-state index contributed by atoms with van der Waals surface area (Å²) < 4.78 is 0. The van der Waals surface area contributed by atoms with Gasteiger partial charge in [0.2, 0.25) is 0 Å². The molecule has 0 amide bonds. The van der Waals surface area contributed by atoms with E-state index in [1.807, 2.05) is 0 Å². The molecule has 0 aromatic rings. The molecule has 0 aromatic carbocycles. The SMILES string of the molecule is CNC1CC(CCO)CN(CC2CCC2)C1.